The van der Waals surface area contributed by atoms with Crippen LogP contribution in [0.4, 0.5) is 17.1 Å². The first-order valence-corrected chi connectivity index (χ1v) is 23.5. The van der Waals surface area contributed by atoms with Gasteiger partial charge in [0.2, 0.25) is 0 Å². The van der Waals surface area contributed by atoms with Crippen molar-refractivity contribution < 1.29 is 4.42 Å². The van der Waals surface area contributed by atoms with E-state index in [1.54, 1.807) is 0 Å². The molecule has 0 fully saturated rings. The van der Waals surface area contributed by atoms with E-state index in [2.05, 4.69) is 234 Å². The fourth-order valence-corrected chi connectivity index (χ4v) is 11.1. The third-order valence-corrected chi connectivity index (χ3v) is 14.6. The van der Waals surface area contributed by atoms with Gasteiger partial charge in [0.15, 0.2) is 5.58 Å². The van der Waals surface area contributed by atoms with Crippen molar-refractivity contribution in [1.82, 2.24) is 8.80 Å². The van der Waals surface area contributed by atoms with Crippen LogP contribution in [0.3, 0.4) is 0 Å². The van der Waals surface area contributed by atoms with Gasteiger partial charge in [0, 0.05) is 65.7 Å². The van der Waals surface area contributed by atoms with Crippen molar-refractivity contribution in [3.8, 4) is 11.1 Å². The molecule has 0 unspecified atom stereocenters. The minimum Gasteiger partial charge on any atom is -0.454 e. The van der Waals surface area contributed by atoms with Crippen LogP contribution < -0.4 is 4.90 Å². The van der Waals surface area contributed by atoms with Crippen LogP contribution in [0.15, 0.2) is 162 Å². The van der Waals surface area contributed by atoms with Gasteiger partial charge in [0.1, 0.15) is 11.1 Å². The summed E-state index contributed by atoms with van der Waals surface area (Å²) in [5.41, 5.74) is 18.9. The number of nitrogens with zero attached hydrogens (tertiary/aromatic N) is 3. The minimum atomic E-state index is -0.0805. The predicted octanol–water partition coefficient (Wildman–Crippen LogP) is 17.8. The van der Waals surface area contributed by atoms with E-state index in [1.807, 2.05) is 0 Å². The second-order valence-electron chi connectivity index (χ2n) is 21.9. The number of aromatic nitrogens is 2. The molecule has 0 N–H and O–H groups in total. The first kappa shape index (κ1) is 39.1. The van der Waals surface area contributed by atoms with E-state index in [-0.39, 0.29) is 16.2 Å². The van der Waals surface area contributed by atoms with Crippen molar-refractivity contribution in [2.45, 2.75) is 78.6 Å². The van der Waals surface area contributed by atoms with Gasteiger partial charge in [-0.05, 0) is 129 Å². The van der Waals surface area contributed by atoms with Crippen LogP contribution in [0.25, 0.3) is 98.5 Å². The number of anilines is 3. The lowest BCUT2D eigenvalue weighted by atomic mass is 9.83. The smallest absolute Gasteiger partial charge is 0.161 e. The fourth-order valence-electron chi connectivity index (χ4n) is 11.1. The van der Waals surface area contributed by atoms with Gasteiger partial charge in [-0.15, -0.1) is 0 Å². The second kappa shape index (κ2) is 13.2. The van der Waals surface area contributed by atoms with Crippen LogP contribution in [-0.2, 0) is 16.2 Å². The molecule has 0 saturated heterocycles. The Morgan fingerprint density at radius 2 is 0.879 bits per heavy atom. The van der Waals surface area contributed by atoms with Crippen LogP contribution in [-0.4, -0.2) is 8.80 Å². The maximum absolute atomic E-state index is 6.85. The Morgan fingerprint density at radius 1 is 0.379 bits per heavy atom. The van der Waals surface area contributed by atoms with Gasteiger partial charge in [0.05, 0.1) is 27.6 Å². The molecule has 5 aromatic heterocycles. The summed E-state index contributed by atoms with van der Waals surface area (Å²) >= 11 is 0. The van der Waals surface area contributed by atoms with Crippen molar-refractivity contribution in [2.75, 3.05) is 4.90 Å². The summed E-state index contributed by atoms with van der Waals surface area (Å²) in [5.74, 6) is 0. The zero-order chi connectivity index (χ0) is 45.2. The molecule has 0 aliphatic carbocycles. The van der Waals surface area contributed by atoms with Crippen LogP contribution in [0, 0.1) is 0 Å². The van der Waals surface area contributed by atoms with Gasteiger partial charge in [0.25, 0.3) is 0 Å². The minimum absolute atomic E-state index is 0.0447. The molecule has 13 rings (SSSR count). The first-order valence-electron chi connectivity index (χ1n) is 23.5. The molecule has 0 aliphatic rings. The number of rotatable bonds is 4. The van der Waals surface area contributed by atoms with Crippen molar-refractivity contribution in [2.24, 2.45) is 0 Å². The molecule has 0 bridgehead atoms. The monoisotopic (exact) mass is 855 g/mol. The van der Waals surface area contributed by atoms with E-state index < -0.39 is 0 Å². The molecule has 0 amide bonds. The van der Waals surface area contributed by atoms with Crippen LogP contribution >= 0.6 is 0 Å². The highest BCUT2D eigenvalue weighted by molar-refractivity contribution is 6.35. The fraction of sp³-hybridized carbons (Fsp3) is 0.194. The normalized spacial score (nSPS) is 13.2. The van der Waals surface area contributed by atoms with E-state index >= 15 is 0 Å². The number of furan rings is 1. The van der Waals surface area contributed by atoms with Crippen molar-refractivity contribution in [1.29, 1.82) is 0 Å². The summed E-state index contributed by atoms with van der Waals surface area (Å²) in [6.07, 6.45) is 0. The highest BCUT2D eigenvalue weighted by atomic mass is 16.3. The molecule has 0 saturated carbocycles. The Hall–Kier alpha value is -7.30. The molecule has 4 nitrogen and oxygen atoms in total. The Labute approximate surface area is 385 Å². The van der Waals surface area contributed by atoms with Gasteiger partial charge in [-0.3, -0.25) is 0 Å². The van der Waals surface area contributed by atoms with E-state index in [0.717, 1.165) is 39.1 Å². The third kappa shape index (κ3) is 5.39. The maximum atomic E-state index is 6.85. The molecular formula is C62H53N3O. The summed E-state index contributed by atoms with van der Waals surface area (Å²) in [5, 5.41) is 10.1. The third-order valence-electron chi connectivity index (χ3n) is 14.6. The summed E-state index contributed by atoms with van der Waals surface area (Å²) in [4.78, 5) is 2.34. The Morgan fingerprint density at radius 3 is 1.50 bits per heavy atom. The van der Waals surface area contributed by atoms with Gasteiger partial charge in [-0.2, -0.15) is 0 Å². The molecule has 0 spiro atoms. The zero-order valence-electron chi connectivity index (χ0n) is 39.3. The van der Waals surface area contributed by atoms with Gasteiger partial charge < -0.3 is 18.1 Å². The average Bonchev–Trinajstić information content (AvgIpc) is 4.09. The number of para-hydroxylation sites is 3. The standard InChI is InChI=1S/C62H53N3O/c1-60(2,3)37-30-45(36-24-26-42(27-25-36)63(40-18-12-10-13-19-40)41-20-14-11-15-21-41)54-47(32-37)48-33-38(61(4,5)6)34-49-53-51(64(54)55(48)49)29-28-43-46-31-39(62(7,8)9)35-50-56(46)65(57(43)53)58-44-22-16-17-23-52(44)66-59(50)58/h10-35H,1-9H3. The zero-order valence-corrected chi connectivity index (χ0v) is 39.3. The average molecular weight is 856 g/mol. The Kier molecular flexibility index (Phi) is 7.80. The Balaban J connectivity index is 1.18. The summed E-state index contributed by atoms with van der Waals surface area (Å²) in [7, 11) is 0. The van der Waals surface area contributed by atoms with Crippen molar-refractivity contribution >= 4 is 104 Å². The molecular weight excluding hydrogens is 803 g/mol. The quantitative estimate of drug-likeness (QED) is 0.176. The van der Waals surface area contributed by atoms with Crippen molar-refractivity contribution in [3.63, 3.8) is 0 Å². The second-order valence-corrected chi connectivity index (χ2v) is 21.9. The predicted molar refractivity (Wildman–Crippen MR) is 282 cm³/mol. The molecule has 4 heteroatoms. The SMILES string of the molecule is CC(C)(C)c1cc(-c2ccc(N(c3ccccc3)c3ccccc3)cc2)c2c(c1)c1cc(C(C)(C)C)cc3c4c(ccc5c6cc(C(C)(C)C)cc7c8oc9ccccc9c8n(c67)c54)n2c13. The van der Waals surface area contributed by atoms with Gasteiger partial charge in [-0.1, -0.05) is 129 Å². The van der Waals surface area contributed by atoms with E-state index in [4.69, 9.17) is 4.42 Å². The Bertz CT molecular complexity index is 4030. The van der Waals surface area contributed by atoms with Crippen LogP contribution in [0.5, 0.6) is 0 Å². The number of hydrogen-bond acceptors (Lipinski definition) is 2. The molecule has 0 radical (unpaired) electrons. The summed E-state index contributed by atoms with van der Waals surface area (Å²) < 4.78 is 12.0. The van der Waals surface area contributed by atoms with E-state index in [1.165, 1.54) is 93.1 Å². The molecule has 0 atom stereocenters. The lowest BCUT2D eigenvalue weighted by Gasteiger charge is -2.26. The largest absolute Gasteiger partial charge is 0.454 e. The molecule has 5 heterocycles. The number of benzene rings is 8. The highest BCUT2D eigenvalue weighted by Gasteiger charge is 2.31. The maximum Gasteiger partial charge on any atom is 0.161 e. The van der Waals surface area contributed by atoms with Crippen LogP contribution in [0.2, 0.25) is 0 Å². The molecule has 13 aromatic rings. The first-order chi connectivity index (χ1) is 31.6. The number of hydrogen-bond donors (Lipinski definition) is 0. The molecule has 0 aliphatic heterocycles. The van der Waals surface area contributed by atoms with Gasteiger partial charge in [-0.25, -0.2) is 0 Å². The van der Waals surface area contributed by atoms with Gasteiger partial charge >= 0.3 is 0 Å². The summed E-state index contributed by atoms with van der Waals surface area (Å²) in [6, 6.07) is 58.8. The van der Waals surface area contributed by atoms with Crippen molar-refractivity contribution in [3.05, 3.63) is 174 Å². The van der Waals surface area contributed by atoms with E-state index in [0.29, 0.717) is 0 Å². The lowest BCUT2D eigenvalue weighted by molar-refractivity contribution is 0.591. The molecule has 66 heavy (non-hydrogen) atoms. The lowest BCUT2D eigenvalue weighted by Crippen LogP contribution is -2.11. The molecule has 322 valence electrons. The number of fused-ring (bicyclic) bond motifs is 15. The van der Waals surface area contributed by atoms with Crippen LogP contribution in [0.1, 0.15) is 79.0 Å². The summed E-state index contributed by atoms with van der Waals surface area (Å²) in [6.45, 7) is 21.0. The van der Waals surface area contributed by atoms with E-state index in [9.17, 15) is 0 Å². The topological polar surface area (TPSA) is 25.2 Å². The molecule has 8 aromatic carbocycles. The highest BCUT2D eigenvalue weighted by Crippen LogP contribution is 2.51.